The molecule has 1 aliphatic heterocycles. The van der Waals surface area contributed by atoms with Gasteiger partial charge in [-0.05, 0) is 35.9 Å². The van der Waals surface area contributed by atoms with E-state index in [9.17, 15) is 24.0 Å². The summed E-state index contributed by atoms with van der Waals surface area (Å²) < 4.78 is 10.3. The van der Waals surface area contributed by atoms with Gasteiger partial charge < -0.3 is 9.47 Å². The molecule has 0 aromatic heterocycles. The molecule has 29 heavy (non-hydrogen) atoms. The number of imide groups is 1. The zero-order chi connectivity index (χ0) is 21.0. The Balaban J connectivity index is 1.85. The number of rotatable bonds is 6. The van der Waals surface area contributed by atoms with E-state index in [0.717, 1.165) is 0 Å². The summed E-state index contributed by atoms with van der Waals surface area (Å²) >= 11 is 5.29. The minimum absolute atomic E-state index is 0.132. The molecule has 1 saturated heterocycles. The van der Waals surface area contributed by atoms with E-state index in [1.54, 1.807) is 36.4 Å². The van der Waals surface area contributed by atoms with Crippen LogP contribution in [0.25, 0.3) is 0 Å². The summed E-state index contributed by atoms with van der Waals surface area (Å²) in [6.45, 7) is -0.738. The van der Waals surface area contributed by atoms with Crippen molar-refractivity contribution < 1.29 is 33.4 Å². The Morgan fingerprint density at radius 2 is 1.14 bits per heavy atom. The van der Waals surface area contributed by atoms with E-state index in [-0.39, 0.29) is 11.1 Å². The number of ether oxygens (including phenoxy) is 2. The molecular weight excluding hydrogens is 402 g/mol. The van der Waals surface area contributed by atoms with Crippen molar-refractivity contribution in [2.45, 2.75) is 12.2 Å². The summed E-state index contributed by atoms with van der Waals surface area (Å²) in [4.78, 5) is 61.5. The molecule has 2 amide bonds. The highest BCUT2D eigenvalue weighted by atomic mass is 35.5. The van der Waals surface area contributed by atoms with Gasteiger partial charge in [0.05, 0.1) is 11.1 Å². The second-order valence-corrected chi connectivity index (χ2v) is 6.42. The predicted octanol–water partition coefficient (Wildman–Crippen LogP) is 1.57. The number of esters is 2. The molecule has 0 saturated carbocycles. The second kappa shape index (κ2) is 8.66. The number of hydrogen-bond donors (Lipinski definition) is 0. The first-order valence-corrected chi connectivity index (χ1v) is 8.82. The minimum Gasteiger partial charge on any atom is -0.444 e. The third-order valence-corrected chi connectivity index (χ3v) is 4.18. The lowest BCUT2D eigenvalue weighted by Gasteiger charge is -2.16. The van der Waals surface area contributed by atoms with Gasteiger partial charge in [0.1, 0.15) is 6.54 Å². The van der Waals surface area contributed by atoms with Crippen LogP contribution in [-0.4, -0.2) is 52.6 Å². The number of carbonyl (C=O) groups excluding carboxylic acids is 5. The van der Waals surface area contributed by atoms with Crippen LogP contribution in [0.4, 0.5) is 0 Å². The Kier molecular flexibility index (Phi) is 6.04. The topological polar surface area (TPSA) is 107 Å². The van der Waals surface area contributed by atoms with Crippen molar-refractivity contribution in [3.63, 3.8) is 0 Å². The minimum atomic E-state index is -1.74. The van der Waals surface area contributed by atoms with Crippen molar-refractivity contribution in [1.29, 1.82) is 0 Å². The van der Waals surface area contributed by atoms with Crippen molar-refractivity contribution >= 4 is 40.6 Å². The van der Waals surface area contributed by atoms with Crippen LogP contribution in [0.3, 0.4) is 0 Å². The van der Waals surface area contributed by atoms with E-state index in [0.29, 0.717) is 4.90 Å². The van der Waals surface area contributed by atoms with Crippen molar-refractivity contribution in [2.75, 3.05) is 6.54 Å². The fourth-order valence-electron chi connectivity index (χ4n) is 2.69. The van der Waals surface area contributed by atoms with Crippen molar-refractivity contribution in [1.82, 2.24) is 4.90 Å². The van der Waals surface area contributed by atoms with E-state index < -0.39 is 47.7 Å². The number of amides is 2. The number of benzene rings is 2. The van der Waals surface area contributed by atoms with Gasteiger partial charge >= 0.3 is 11.9 Å². The Morgan fingerprint density at radius 3 is 1.48 bits per heavy atom. The third-order valence-electron chi connectivity index (χ3n) is 4.06. The van der Waals surface area contributed by atoms with E-state index in [4.69, 9.17) is 21.1 Å². The number of nitrogens with zero attached hydrogens (tertiary/aromatic N) is 1. The molecule has 0 radical (unpaired) electrons. The van der Waals surface area contributed by atoms with Gasteiger partial charge in [0.2, 0.25) is 17.5 Å². The fourth-order valence-corrected chi connectivity index (χ4v) is 2.81. The number of halogens is 1. The summed E-state index contributed by atoms with van der Waals surface area (Å²) in [7, 11) is 0. The van der Waals surface area contributed by atoms with Gasteiger partial charge in [0, 0.05) is 0 Å². The molecule has 1 aliphatic rings. The normalized spacial score (nSPS) is 18.4. The maximum absolute atomic E-state index is 12.6. The Hall–Kier alpha value is -3.52. The molecule has 3 rings (SSSR count). The molecule has 2 atom stereocenters. The molecule has 148 valence electrons. The van der Waals surface area contributed by atoms with Crippen LogP contribution in [0.5, 0.6) is 0 Å². The molecule has 2 unspecified atom stereocenters. The van der Waals surface area contributed by atoms with Crippen molar-refractivity contribution in [3.8, 4) is 0 Å². The predicted molar refractivity (Wildman–Crippen MR) is 98.9 cm³/mol. The molecule has 0 aliphatic carbocycles. The largest absolute Gasteiger partial charge is 0.444 e. The van der Waals surface area contributed by atoms with Crippen LogP contribution < -0.4 is 0 Å². The average Bonchev–Trinajstić information content (AvgIpc) is 2.93. The Labute approximate surface area is 170 Å². The zero-order valence-electron chi connectivity index (χ0n) is 14.8. The van der Waals surface area contributed by atoms with Crippen LogP contribution in [0.2, 0.25) is 0 Å². The highest BCUT2D eigenvalue weighted by Gasteiger charge is 2.53. The van der Waals surface area contributed by atoms with E-state index in [2.05, 4.69) is 0 Å². The molecule has 1 heterocycles. The van der Waals surface area contributed by atoms with Gasteiger partial charge in [-0.1, -0.05) is 36.4 Å². The van der Waals surface area contributed by atoms with Crippen LogP contribution in [0.15, 0.2) is 60.7 Å². The van der Waals surface area contributed by atoms with Crippen molar-refractivity contribution in [2.24, 2.45) is 0 Å². The summed E-state index contributed by atoms with van der Waals surface area (Å²) in [5.74, 6) is -3.79. The molecule has 0 N–H and O–H groups in total. The summed E-state index contributed by atoms with van der Waals surface area (Å²) in [5.41, 5.74) is 0.264. The van der Waals surface area contributed by atoms with E-state index >= 15 is 0 Å². The van der Waals surface area contributed by atoms with Gasteiger partial charge in [-0.15, -0.1) is 0 Å². The average molecular weight is 416 g/mol. The lowest BCUT2D eigenvalue weighted by atomic mass is 10.2. The standard InChI is InChI=1S/C20H14ClNO7/c21-14(23)11-22-17(24)15(28-19(26)12-7-3-1-4-8-12)16(18(22)25)29-20(27)13-9-5-2-6-10-13/h1-10,15-16H,11H2. The first-order chi connectivity index (χ1) is 13.9. The maximum Gasteiger partial charge on any atom is 0.339 e. The summed E-state index contributed by atoms with van der Waals surface area (Å²) in [5, 5.41) is -0.977. The van der Waals surface area contributed by atoms with E-state index in [1.165, 1.54) is 24.3 Å². The van der Waals surface area contributed by atoms with E-state index in [1.807, 2.05) is 0 Å². The van der Waals surface area contributed by atoms with Crippen molar-refractivity contribution in [3.05, 3.63) is 71.8 Å². The highest BCUT2D eigenvalue weighted by Crippen LogP contribution is 2.23. The highest BCUT2D eigenvalue weighted by molar-refractivity contribution is 6.64. The van der Waals surface area contributed by atoms with Gasteiger partial charge in [-0.25, -0.2) is 9.59 Å². The van der Waals surface area contributed by atoms with Crippen LogP contribution in [0.1, 0.15) is 20.7 Å². The molecule has 0 bridgehead atoms. The number of likely N-dealkylation sites (tertiary alicyclic amines) is 1. The lowest BCUT2D eigenvalue weighted by molar-refractivity contribution is -0.143. The molecule has 2 aromatic rings. The maximum atomic E-state index is 12.6. The zero-order valence-corrected chi connectivity index (χ0v) is 15.6. The van der Waals surface area contributed by atoms with Crippen LogP contribution >= 0.6 is 11.6 Å². The van der Waals surface area contributed by atoms with Gasteiger partial charge in [0.15, 0.2) is 0 Å². The van der Waals surface area contributed by atoms with Crippen LogP contribution in [-0.2, 0) is 23.9 Å². The molecule has 2 aromatic carbocycles. The molecule has 1 fully saturated rings. The smallest absolute Gasteiger partial charge is 0.339 e. The Bertz CT molecular complexity index is 890. The third kappa shape index (κ3) is 4.49. The first kappa shape index (κ1) is 20.2. The second-order valence-electron chi connectivity index (χ2n) is 6.00. The first-order valence-electron chi connectivity index (χ1n) is 8.44. The monoisotopic (exact) mass is 415 g/mol. The molecule has 0 spiro atoms. The Morgan fingerprint density at radius 1 is 0.759 bits per heavy atom. The summed E-state index contributed by atoms with van der Waals surface area (Å²) in [6, 6.07) is 15.5. The summed E-state index contributed by atoms with van der Waals surface area (Å²) in [6.07, 6.45) is -3.47. The number of hydrogen-bond acceptors (Lipinski definition) is 7. The molecule has 9 heteroatoms. The lowest BCUT2D eigenvalue weighted by Crippen LogP contribution is -2.37. The van der Waals surface area contributed by atoms with Gasteiger partial charge in [-0.3, -0.25) is 19.3 Å². The SMILES string of the molecule is O=C(Cl)CN1C(=O)C(OC(=O)c2ccccc2)C(OC(=O)c2ccccc2)C1=O. The molecular formula is C20H14ClNO7. The van der Waals surface area contributed by atoms with Gasteiger partial charge in [-0.2, -0.15) is 0 Å². The number of carbonyl (C=O) groups is 5. The van der Waals surface area contributed by atoms with Crippen LogP contribution in [0, 0.1) is 0 Å². The van der Waals surface area contributed by atoms with Gasteiger partial charge in [0.25, 0.3) is 11.8 Å². The quantitative estimate of drug-likeness (QED) is 0.400. The molecule has 8 nitrogen and oxygen atoms in total. The fraction of sp³-hybridized carbons (Fsp3) is 0.150.